The van der Waals surface area contributed by atoms with Gasteiger partial charge in [-0.05, 0) is 63.2 Å². The van der Waals surface area contributed by atoms with Gasteiger partial charge in [0.05, 0.1) is 13.2 Å². The normalized spacial score (nSPS) is 36.6. The maximum atomic E-state index is 11.2. The van der Waals surface area contributed by atoms with Crippen molar-refractivity contribution in [2.45, 2.75) is 70.2 Å². The van der Waals surface area contributed by atoms with Crippen molar-refractivity contribution in [3.63, 3.8) is 0 Å². The van der Waals surface area contributed by atoms with Crippen molar-refractivity contribution in [3.8, 4) is 0 Å². The first kappa shape index (κ1) is 18.9. The van der Waals surface area contributed by atoms with Crippen LogP contribution >= 0.6 is 0 Å². The molecule has 3 rings (SSSR count). The van der Waals surface area contributed by atoms with Crippen molar-refractivity contribution < 1.29 is 24.1 Å². The number of unbranched alkanes of at least 4 members (excludes halogenated alkanes) is 1. The van der Waals surface area contributed by atoms with Crippen LogP contribution < -0.4 is 0 Å². The number of hydrogen-bond donors (Lipinski definition) is 1. The number of carbonyl (C=O) groups excluding carboxylic acids is 1. The number of fused-ring (bicyclic) bond motifs is 1. The second kappa shape index (κ2) is 9.15. The second-order valence-corrected chi connectivity index (χ2v) is 7.72. The van der Waals surface area contributed by atoms with Gasteiger partial charge in [0.15, 0.2) is 6.29 Å². The van der Waals surface area contributed by atoms with Gasteiger partial charge in [-0.1, -0.05) is 11.6 Å². The summed E-state index contributed by atoms with van der Waals surface area (Å²) in [5.74, 6) is 1.26. The summed E-state index contributed by atoms with van der Waals surface area (Å²) in [6.45, 7) is 1.00. The largest absolute Gasteiger partial charge is 0.469 e. The SMILES string of the molecule is COC(=O)CCC/C=C1\CC2C[C@@H](OC3CCCCO3)[C@H](CO)[C@H]2C1. The molecule has 1 aliphatic heterocycles. The predicted octanol–water partition coefficient (Wildman–Crippen LogP) is 3.21. The molecule has 142 valence electrons. The molecule has 0 spiro atoms. The molecule has 2 saturated carbocycles. The Kier molecular flexibility index (Phi) is 6.91. The number of aliphatic hydroxyl groups excluding tert-OH is 1. The van der Waals surface area contributed by atoms with Gasteiger partial charge in [-0.3, -0.25) is 4.79 Å². The van der Waals surface area contributed by atoms with Crippen LogP contribution in [0, 0.1) is 17.8 Å². The zero-order valence-corrected chi connectivity index (χ0v) is 15.3. The maximum absolute atomic E-state index is 11.2. The van der Waals surface area contributed by atoms with Crippen molar-refractivity contribution in [1.29, 1.82) is 0 Å². The number of ether oxygens (including phenoxy) is 3. The maximum Gasteiger partial charge on any atom is 0.305 e. The lowest BCUT2D eigenvalue weighted by atomic mass is 9.92. The summed E-state index contributed by atoms with van der Waals surface area (Å²) in [6.07, 6.45) is 11.1. The fraction of sp³-hybridized carbons (Fsp3) is 0.850. The smallest absolute Gasteiger partial charge is 0.305 e. The Bertz CT molecular complexity index is 469. The molecule has 0 amide bonds. The standard InChI is InChI=1S/C20H32O5/c1-23-19(22)7-3-2-6-14-10-15-12-18(17(13-21)16(15)11-14)25-20-8-4-5-9-24-20/h6,15-18,20-21H,2-5,7-13H2,1H3/b14-6+/t15?,16-,17+,18+,20?/m0/s1. The average molecular weight is 352 g/mol. The van der Waals surface area contributed by atoms with E-state index in [1.807, 2.05) is 0 Å². The third kappa shape index (κ3) is 4.83. The van der Waals surface area contributed by atoms with E-state index >= 15 is 0 Å². The molecular weight excluding hydrogens is 320 g/mol. The highest BCUT2D eigenvalue weighted by atomic mass is 16.7. The second-order valence-electron chi connectivity index (χ2n) is 7.72. The van der Waals surface area contributed by atoms with Gasteiger partial charge < -0.3 is 19.3 Å². The number of allylic oxidation sites excluding steroid dienone is 2. The third-order valence-electron chi connectivity index (χ3n) is 6.11. The van der Waals surface area contributed by atoms with E-state index in [1.54, 1.807) is 0 Å². The highest BCUT2D eigenvalue weighted by Gasteiger charge is 2.47. The van der Waals surface area contributed by atoms with Crippen LogP contribution in [-0.2, 0) is 19.0 Å². The highest BCUT2D eigenvalue weighted by Crippen LogP contribution is 2.51. The first-order valence-corrected chi connectivity index (χ1v) is 9.84. The number of rotatable bonds is 7. The van der Waals surface area contributed by atoms with E-state index in [2.05, 4.69) is 10.8 Å². The molecule has 1 saturated heterocycles. The van der Waals surface area contributed by atoms with E-state index in [1.165, 1.54) is 19.1 Å². The fourth-order valence-corrected chi connectivity index (χ4v) is 4.79. The highest BCUT2D eigenvalue weighted by molar-refractivity contribution is 5.69. The predicted molar refractivity (Wildman–Crippen MR) is 93.8 cm³/mol. The summed E-state index contributed by atoms with van der Waals surface area (Å²) in [6, 6.07) is 0. The van der Waals surface area contributed by atoms with E-state index < -0.39 is 0 Å². The molecule has 1 N–H and O–H groups in total. The minimum absolute atomic E-state index is 0.0695. The van der Waals surface area contributed by atoms with Crippen molar-refractivity contribution in [2.75, 3.05) is 20.3 Å². The molecule has 2 aliphatic carbocycles. The quantitative estimate of drug-likeness (QED) is 0.433. The fourth-order valence-electron chi connectivity index (χ4n) is 4.79. The van der Waals surface area contributed by atoms with Crippen LogP contribution in [0.4, 0.5) is 0 Å². The zero-order chi connectivity index (χ0) is 17.6. The van der Waals surface area contributed by atoms with Crippen LogP contribution in [0.1, 0.15) is 57.8 Å². The minimum atomic E-state index is -0.132. The summed E-state index contributed by atoms with van der Waals surface area (Å²) < 4.78 is 16.6. The Morgan fingerprint density at radius 1 is 1.36 bits per heavy atom. The minimum Gasteiger partial charge on any atom is -0.469 e. The van der Waals surface area contributed by atoms with Gasteiger partial charge in [-0.15, -0.1) is 0 Å². The molecule has 5 atom stereocenters. The van der Waals surface area contributed by atoms with Crippen LogP contribution in [0.5, 0.6) is 0 Å². The Morgan fingerprint density at radius 3 is 2.96 bits per heavy atom. The molecule has 0 radical (unpaired) electrons. The molecule has 3 fully saturated rings. The van der Waals surface area contributed by atoms with Crippen molar-refractivity contribution in [2.24, 2.45) is 17.8 Å². The lowest BCUT2D eigenvalue weighted by Crippen LogP contribution is -2.32. The number of carbonyl (C=O) groups is 1. The van der Waals surface area contributed by atoms with Crippen LogP contribution in [0.3, 0.4) is 0 Å². The molecule has 5 nitrogen and oxygen atoms in total. The first-order chi connectivity index (χ1) is 12.2. The van der Waals surface area contributed by atoms with Gasteiger partial charge in [-0.2, -0.15) is 0 Å². The van der Waals surface area contributed by atoms with E-state index in [0.717, 1.165) is 51.6 Å². The molecule has 1 heterocycles. The van der Waals surface area contributed by atoms with E-state index in [9.17, 15) is 9.90 Å². The van der Waals surface area contributed by atoms with Gasteiger partial charge in [0.1, 0.15) is 0 Å². The molecule has 5 heteroatoms. The summed E-state index contributed by atoms with van der Waals surface area (Å²) in [5.41, 5.74) is 1.49. The summed E-state index contributed by atoms with van der Waals surface area (Å²) in [5, 5.41) is 9.91. The van der Waals surface area contributed by atoms with Gasteiger partial charge in [0.2, 0.25) is 0 Å². The van der Waals surface area contributed by atoms with Crippen molar-refractivity contribution in [1.82, 2.24) is 0 Å². The molecular formula is C20H32O5. The van der Waals surface area contributed by atoms with Gasteiger partial charge in [0, 0.05) is 25.6 Å². The van der Waals surface area contributed by atoms with Gasteiger partial charge in [-0.25, -0.2) is 0 Å². The molecule has 0 aromatic heterocycles. The summed E-state index contributed by atoms with van der Waals surface area (Å²) in [7, 11) is 1.44. The number of methoxy groups -OCH3 is 1. The Labute approximate surface area is 150 Å². The van der Waals surface area contributed by atoms with Crippen LogP contribution in [0.2, 0.25) is 0 Å². The summed E-state index contributed by atoms with van der Waals surface area (Å²) in [4.78, 5) is 11.2. The lowest BCUT2D eigenvalue weighted by molar-refractivity contribution is -0.198. The van der Waals surface area contributed by atoms with E-state index in [-0.39, 0.29) is 30.9 Å². The van der Waals surface area contributed by atoms with Gasteiger partial charge >= 0.3 is 5.97 Å². The molecule has 2 unspecified atom stereocenters. The van der Waals surface area contributed by atoms with E-state index in [4.69, 9.17) is 9.47 Å². The monoisotopic (exact) mass is 352 g/mol. The molecule has 25 heavy (non-hydrogen) atoms. The van der Waals surface area contributed by atoms with Crippen molar-refractivity contribution in [3.05, 3.63) is 11.6 Å². The third-order valence-corrected chi connectivity index (χ3v) is 6.11. The number of esters is 1. The Hall–Kier alpha value is -0.910. The van der Waals surface area contributed by atoms with Crippen molar-refractivity contribution >= 4 is 5.97 Å². The average Bonchev–Trinajstić information content (AvgIpc) is 3.16. The van der Waals surface area contributed by atoms with Crippen LogP contribution in [0.25, 0.3) is 0 Å². The molecule has 3 aliphatic rings. The summed E-state index contributed by atoms with van der Waals surface area (Å²) >= 11 is 0. The number of aliphatic hydroxyl groups is 1. The van der Waals surface area contributed by atoms with E-state index in [0.29, 0.717) is 18.3 Å². The van der Waals surface area contributed by atoms with Gasteiger partial charge in [0.25, 0.3) is 0 Å². The topological polar surface area (TPSA) is 65.0 Å². The van der Waals surface area contributed by atoms with Crippen LogP contribution in [0.15, 0.2) is 11.6 Å². The molecule has 0 bridgehead atoms. The first-order valence-electron chi connectivity index (χ1n) is 9.84. The molecule has 0 aromatic carbocycles. The van der Waals surface area contributed by atoms with Crippen LogP contribution in [-0.4, -0.2) is 43.8 Å². The Balaban J connectivity index is 1.47. The Morgan fingerprint density at radius 2 is 2.24 bits per heavy atom. The molecule has 0 aromatic rings. The zero-order valence-electron chi connectivity index (χ0n) is 15.3. The number of hydrogen-bond acceptors (Lipinski definition) is 5. The lowest BCUT2D eigenvalue weighted by Gasteiger charge is -2.29.